The summed E-state index contributed by atoms with van der Waals surface area (Å²) in [6.07, 6.45) is 4.19. The molecule has 2 aromatic rings. The Kier molecular flexibility index (Phi) is 4.90. The average Bonchev–Trinajstić information content (AvgIpc) is 2.89. The fourth-order valence-electron chi connectivity index (χ4n) is 3.35. The van der Waals surface area contributed by atoms with Gasteiger partial charge in [-0.25, -0.2) is 4.39 Å². The summed E-state index contributed by atoms with van der Waals surface area (Å²) < 4.78 is 19.4. The molecule has 0 unspecified atom stereocenters. The molecule has 0 aliphatic heterocycles. The predicted molar refractivity (Wildman–Crippen MR) is 90.5 cm³/mol. The van der Waals surface area contributed by atoms with Crippen LogP contribution in [0.2, 0.25) is 5.02 Å². The molecule has 4 nitrogen and oxygen atoms in total. The molecule has 2 atom stereocenters. The number of carbonyl (C=O) groups excluding carboxylic acids is 1. The predicted octanol–water partition coefficient (Wildman–Crippen LogP) is 4.75. The van der Waals surface area contributed by atoms with Crippen molar-refractivity contribution in [3.63, 3.8) is 0 Å². The molecule has 24 heavy (non-hydrogen) atoms. The van der Waals surface area contributed by atoms with Gasteiger partial charge in [0.25, 0.3) is 5.91 Å². The van der Waals surface area contributed by atoms with E-state index in [2.05, 4.69) is 17.4 Å². The van der Waals surface area contributed by atoms with Crippen LogP contribution in [0.5, 0.6) is 0 Å². The summed E-state index contributed by atoms with van der Waals surface area (Å²) in [4.78, 5) is 12.7. The number of nitrogens with one attached hydrogen (secondary N) is 1. The smallest absolute Gasteiger partial charge is 0.257 e. The van der Waals surface area contributed by atoms with Crippen LogP contribution < -0.4 is 5.32 Å². The largest absolute Gasteiger partial charge is 0.355 e. The number of carbonyl (C=O) groups is 1. The van der Waals surface area contributed by atoms with Gasteiger partial charge in [-0.2, -0.15) is 0 Å². The van der Waals surface area contributed by atoms with Crippen LogP contribution in [0.1, 0.15) is 48.7 Å². The minimum Gasteiger partial charge on any atom is -0.355 e. The lowest BCUT2D eigenvalue weighted by molar-refractivity contribution is 0.0921. The first kappa shape index (κ1) is 17.0. The van der Waals surface area contributed by atoms with Crippen molar-refractivity contribution in [2.45, 2.75) is 45.6 Å². The SMILES string of the molecule is Cc1noc(-c2c(F)cccc2Cl)c1C(=O)N[C@@H]1CCC[C@H](C)C1. The maximum absolute atomic E-state index is 14.2. The maximum Gasteiger partial charge on any atom is 0.257 e. The number of nitrogens with zero attached hydrogens (tertiary/aromatic N) is 1. The summed E-state index contributed by atoms with van der Waals surface area (Å²) in [6.45, 7) is 3.85. The first-order valence-corrected chi connectivity index (χ1v) is 8.56. The molecule has 0 radical (unpaired) electrons. The standard InChI is InChI=1S/C18H20ClFN2O2/c1-10-5-3-6-12(9-10)21-18(23)15-11(2)22-24-17(15)16-13(19)7-4-8-14(16)20/h4,7-8,10,12H,3,5-6,9H2,1-2H3,(H,21,23)/t10-,12+/m0/s1. The monoisotopic (exact) mass is 350 g/mol. The molecular formula is C18H20ClFN2O2. The first-order chi connectivity index (χ1) is 11.5. The Morgan fingerprint density at radius 3 is 2.92 bits per heavy atom. The van der Waals surface area contributed by atoms with E-state index in [0.717, 1.165) is 19.3 Å². The zero-order valence-electron chi connectivity index (χ0n) is 13.7. The van der Waals surface area contributed by atoms with Gasteiger partial charge < -0.3 is 9.84 Å². The minimum atomic E-state index is -0.543. The Morgan fingerprint density at radius 2 is 2.21 bits per heavy atom. The van der Waals surface area contributed by atoms with E-state index in [4.69, 9.17) is 16.1 Å². The number of rotatable bonds is 3. The molecule has 3 rings (SSSR count). The van der Waals surface area contributed by atoms with E-state index >= 15 is 0 Å². The quantitative estimate of drug-likeness (QED) is 0.869. The second-order valence-electron chi connectivity index (χ2n) is 6.51. The molecule has 1 saturated carbocycles. The third kappa shape index (κ3) is 3.31. The molecular weight excluding hydrogens is 331 g/mol. The summed E-state index contributed by atoms with van der Waals surface area (Å²) >= 11 is 6.10. The van der Waals surface area contributed by atoms with Gasteiger partial charge in [0.1, 0.15) is 11.4 Å². The van der Waals surface area contributed by atoms with E-state index in [1.54, 1.807) is 13.0 Å². The highest BCUT2D eigenvalue weighted by Crippen LogP contribution is 2.34. The topological polar surface area (TPSA) is 55.1 Å². The van der Waals surface area contributed by atoms with Crippen molar-refractivity contribution in [3.8, 4) is 11.3 Å². The van der Waals surface area contributed by atoms with Crippen LogP contribution in [0.3, 0.4) is 0 Å². The highest BCUT2D eigenvalue weighted by Gasteiger charge is 2.28. The number of hydrogen-bond acceptors (Lipinski definition) is 3. The molecule has 1 fully saturated rings. The van der Waals surface area contributed by atoms with E-state index < -0.39 is 5.82 Å². The van der Waals surface area contributed by atoms with Crippen LogP contribution in [0.4, 0.5) is 4.39 Å². The molecule has 1 heterocycles. The van der Waals surface area contributed by atoms with Crippen molar-refractivity contribution < 1.29 is 13.7 Å². The normalized spacial score (nSPS) is 20.8. The van der Waals surface area contributed by atoms with Gasteiger partial charge in [0.2, 0.25) is 0 Å². The van der Waals surface area contributed by atoms with Gasteiger partial charge in [-0.1, -0.05) is 42.6 Å². The summed E-state index contributed by atoms with van der Waals surface area (Å²) in [5, 5.41) is 7.07. The van der Waals surface area contributed by atoms with Crippen LogP contribution in [-0.2, 0) is 0 Å². The molecule has 128 valence electrons. The van der Waals surface area contributed by atoms with Crippen LogP contribution in [-0.4, -0.2) is 17.1 Å². The second kappa shape index (κ2) is 6.93. The lowest BCUT2D eigenvalue weighted by Gasteiger charge is -2.27. The van der Waals surface area contributed by atoms with E-state index in [1.165, 1.54) is 18.6 Å². The van der Waals surface area contributed by atoms with Crippen molar-refractivity contribution in [2.24, 2.45) is 5.92 Å². The third-order valence-electron chi connectivity index (χ3n) is 4.55. The Labute approximate surface area is 145 Å². The summed E-state index contributed by atoms with van der Waals surface area (Å²) in [6, 6.07) is 4.47. The van der Waals surface area contributed by atoms with Gasteiger partial charge in [0, 0.05) is 6.04 Å². The molecule has 1 amide bonds. The molecule has 0 spiro atoms. The summed E-state index contributed by atoms with van der Waals surface area (Å²) in [5.41, 5.74) is 0.743. The van der Waals surface area contributed by atoms with Gasteiger partial charge in [0.05, 0.1) is 16.3 Å². The Morgan fingerprint density at radius 1 is 1.42 bits per heavy atom. The Bertz CT molecular complexity index is 739. The molecule has 0 bridgehead atoms. The van der Waals surface area contributed by atoms with Gasteiger partial charge in [0.15, 0.2) is 5.76 Å². The number of aromatic nitrogens is 1. The molecule has 0 saturated heterocycles. The number of aryl methyl sites for hydroxylation is 1. The van der Waals surface area contributed by atoms with E-state index in [1.807, 2.05) is 0 Å². The summed E-state index contributed by atoms with van der Waals surface area (Å²) in [5.74, 6) is -0.161. The Hall–Kier alpha value is -1.88. The third-order valence-corrected chi connectivity index (χ3v) is 4.87. The van der Waals surface area contributed by atoms with Gasteiger partial charge in [-0.3, -0.25) is 4.79 Å². The molecule has 1 aromatic heterocycles. The van der Waals surface area contributed by atoms with Crippen LogP contribution in [0, 0.1) is 18.7 Å². The van der Waals surface area contributed by atoms with Gasteiger partial charge >= 0.3 is 0 Å². The van der Waals surface area contributed by atoms with Crippen LogP contribution in [0.15, 0.2) is 22.7 Å². The lowest BCUT2D eigenvalue weighted by Crippen LogP contribution is -2.38. The number of benzene rings is 1. The molecule has 6 heteroatoms. The first-order valence-electron chi connectivity index (χ1n) is 8.19. The fourth-order valence-corrected chi connectivity index (χ4v) is 3.59. The fraction of sp³-hybridized carbons (Fsp3) is 0.444. The molecule has 1 N–H and O–H groups in total. The number of amides is 1. The van der Waals surface area contributed by atoms with Crippen molar-refractivity contribution >= 4 is 17.5 Å². The van der Waals surface area contributed by atoms with E-state index in [9.17, 15) is 9.18 Å². The van der Waals surface area contributed by atoms with E-state index in [0.29, 0.717) is 11.6 Å². The highest BCUT2D eigenvalue weighted by molar-refractivity contribution is 6.33. The maximum atomic E-state index is 14.2. The lowest BCUT2D eigenvalue weighted by atomic mass is 9.87. The van der Waals surface area contributed by atoms with E-state index in [-0.39, 0.29) is 33.9 Å². The molecule has 1 aromatic carbocycles. The molecule has 1 aliphatic rings. The van der Waals surface area contributed by atoms with Crippen molar-refractivity contribution in [1.29, 1.82) is 0 Å². The van der Waals surface area contributed by atoms with Crippen molar-refractivity contribution in [1.82, 2.24) is 10.5 Å². The highest BCUT2D eigenvalue weighted by atomic mass is 35.5. The average molecular weight is 351 g/mol. The van der Waals surface area contributed by atoms with Crippen LogP contribution >= 0.6 is 11.6 Å². The Balaban J connectivity index is 1.91. The minimum absolute atomic E-state index is 0.0712. The zero-order valence-corrected chi connectivity index (χ0v) is 14.5. The second-order valence-corrected chi connectivity index (χ2v) is 6.92. The molecule has 1 aliphatic carbocycles. The number of halogens is 2. The van der Waals surface area contributed by atoms with Crippen molar-refractivity contribution in [3.05, 3.63) is 40.3 Å². The van der Waals surface area contributed by atoms with Gasteiger partial charge in [-0.15, -0.1) is 0 Å². The number of hydrogen-bond donors (Lipinski definition) is 1. The summed E-state index contributed by atoms with van der Waals surface area (Å²) in [7, 11) is 0. The van der Waals surface area contributed by atoms with Gasteiger partial charge in [-0.05, 0) is 37.8 Å². The zero-order chi connectivity index (χ0) is 17.3. The van der Waals surface area contributed by atoms with Crippen LogP contribution in [0.25, 0.3) is 11.3 Å². The van der Waals surface area contributed by atoms with Crippen molar-refractivity contribution in [2.75, 3.05) is 0 Å².